The van der Waals surface area contributed by atoms with E-state index in [4.69, 9.17) is 27.6 Å². The zero-order valence-electron chi connectivity index (χ0n) is 14.6. The average Bonchev–Trinajstić information content (AvgIpc) is 3.06. The Balaban J connectivity index is 1.65. The van der Waals surface area contributed by atoms with Crippen molar-refractivity contribution >= 4 is 68.5 Å². The van der Waals surface area contributed by atoms with Gasteiger partial charge in [-0.05, 0) is 83.6 Å². The molecule has 0 saturated heterocycles. The van der Waals surface area contributed by atoms with Crippen LogP contribution in [0, 0.1) is 10.5 Å². The number of fused-ring (bicyclic) bond motifs is 1. The fourth-order valence-electron chi connectivity index (χ4n) is 2.78. The molecule has 0 unspecified atom stereocenters. The molecule has 0 atom stereocenters. The van der Waals surface area contributed by atoms with Gasteiger partial charge in [-0.15, -0.1) is 0 Å². The van der Waals surface area contributed by atoms with Crippen molar-refractivity contribution in [2.45, 2.75) is 6.92 Å². The topological polar surface area (TPSA) is 55.1 Å². The third kappa shape index (κ3) is 3.87. The normalized spacial score (nSPS) is 11.0. The van der Waals surface area contributed by atoms with Gasteiger partial charge in [0, 0.05) is 9.26 Å². The van der Waals surface area contributed by atoms with Gasteiger partial charge < -0.3 is 9.73 Å². The first-order valence-electron chi connectivity index (χ1n) is 8.34. The van der Waals surface area contributed by atoms with E-state index in [1.807, 2.05) is 31.2 Å². The van der Waals surface area contributed by atoms with E-state index in [1.54, 1.807) is 30.3 Å². The van der Waals surface area contributed by atoms with Crippen LogP contribution < -0.4 is 5.32 Å². The van der Waals surface area contributed by atoms with Crippen LogP contribution in [0.5, 0.6) is 0 Å². The van der Waals surface area contributed by atoms with Gasteiger partial charge in [0.15, 0.2) is 5.58 Å². The number of rotatable bonds is 3. The number of amides is 1. The summed E-state index contributed by atoms with van der Waals surface area (Å²) in [6.45, 7) is 1.92. The third-order valence-electron chi connectivity index (χ3n) is 4.17. The predicted octanol–water partition coefficient (Wildman–Crippen LogP) is 6.97. The Labute approximate surface area is 185 Å². The lowest BCUT2D eigenvalue weighted by Gasteiger charge is -2.07. The average molecular weight is 523 g/mol. The van der Waals surface area contributed by atoms with Crippen molar-refractivity contribution in [3.05, 3.63) is 79.3 Å². The smallest absolute Gasteiger partial charge is 0.257 e. The number of anilines is 1. The summed E-state index contributed by atoms with van der Waals surface area (Å²) < 4.78 is 6.86. The number of aryl methyl sites for hydroxylation is 1. The molecule has 4 aromatic rings. The number of carbonyl (C=O) groups is 1. The van der Waals surface area contributed by atoms with E-state index in [2.05, 4.69) is 32.9 Å². The molecule has 0 aliphatic heterocycles. The highest BCUT2D eigenvalue weighted by Gasteiger charge is 2.14. The van der Waals surface area contributed by atoms with Gasteiger partial charge >= 0.3 is 0 Å². The van der Waals surface area contributed by atoms with E-state index in [0.29, 0.717) is 38.3 Å². The molecule has 0 saturated carbocycles. The number of benzene rings is 3. The van der Waals surface area contributed by atoms with E-state index in [1.165, 1.54) is 0 Å². The predicted molar refractivity (Wildman–Crippen MR) is 121 cm³/mol. The van der Waals surface area contributed by atoms with Crippen LogP contribution in [0.4, 0.5) is 5.69 Å². The minimum atomic E-state index is -0.284. The fraction of sp³-hybridized carbons (Fsp3) is 0.0476. The first-order chi connectivity index (χ1) is 13.4. The van der Waals surface area contributed by atoms with Crippen LogP contribution >= 0.6 is 45.8 Å². The quantitative estimate of drug-likeness (QED) is 0.296. The summed E-state index contributed by atoms with van der Waals surface area (Å²) >= 11 is 14.7. The zero-order chi connectivity index (χ0) is 19.8. The second kappa shape index (κ2) is 7.73. The molecule has 7 heteroatoms. The van der Waals surface area contributed by atoms with Crippen LogP contribution in [0.1, 0.15) is 15.9 Å². The zero-order valence-corrected chi connectivity index (χ0v) is 18.3. The Morgan fingerprint density at radius 1 is 1.04 bits per heavy atom. The lowest BCUT2D eigenvalue weighted by molar-refractivity contribution is 0.102. The van der Waals surface area contributed by atoms with Crippen molar-refractivity contribution in [2.24, 2.45) is 0 Å². The number of aromatic nitrogens is 1. The summed E-state index contributed by atoms with van der Waals surface area (Å²) in [5.74, 6) is 0.150. The third-order valence-corrected chi connectivity index (χ3v) is 5.49. The minimum absolute atomic E-state index is 0.284. The SMILES string of the molecule is Cc1ccc(C(=O)Nc2ccc3oc(-c4cc(I)ccc4Cl)nc3c2)c(Cl)c1. The van der Waals surface area contributed by atoms with Crippen molar-refractivity contribution in [1.82, 2.24) is 4.98 Å². The molecule has 4 nitrogen and oxygen atoms in total. The number of hydrogen-bond acceptors (Lipinski definition) is 3. The van der Waals surface area contributed by atoms with E-state index in [-0.39, 0.29) is 5.91 Å². The Hall–Kier alpha value is -2.09. The Morgan fingerprint density at radius 2 is 1.86 bits per heavy atom. The molecule has 0 radical (unpaired) electrons. The minimum Gasteiger partial charge on any atom is -0.436 e. The van der Waals surface area contributed by atoms with Crippen LogP contribution in [-0.2, 0) is 0 Å². The molecule has 28 heavy (non-hydrogen) atoms. The molecule has 0 spiro atoms. The largest absolute Gasteiger partial charge is 0.436 e. The number of halogens is 3. The maximum Gasteiger partial charge on any atom is 0.257 e. The molecule has 140 valence electrons. The molecule has 4 rings (SSSR count). The standard InChI is InChI=1S/C21H13Cl2IN2O2/c1-11-2-5-14(17(23)8-11)20(27)25-13-4-7-19-18(10-13)26-21(28-19)15-9-12(24)3-6-16(15)22/h2-10H,1H3,(H,25,27). The molecule has 0 aliphatic rings. The molecule has 1 N–H and O–H groups in total. The summed E-state index contributed by atoms with van der Waals surface area (Å²) in [6.07, 6.45) is 0. The van der Waals surface area contributed by atoms with Gasteiger partial charge in [-0.25, -0.2) is 4.98 Å². The van der Waals surface area contributed by atoms with Crippen molar-refractivity contribution in [1.29, 1.82) is 0 Å². The van der Waals surface area contributed by atoms with Gasteiger partial charge in [-0.1, -0.05) is 29.3 Å². The maximum atomic E-state index is 12.5. The second-order valence-corrected chi connectivity index (χ2v) is 8.32. The van der Waals surface area contributed by atoms with Gasteiger partial charge in [-0.3, -0.25) is 4.79 Å². The molecule has 1 amide bonds. The molecule has 0 bridgehead atoms. The van der Waals surface area contributed by atoms with E-state index >= 15 is 0 Å². The van der Waals surface area contributed by atoms with Gasteiger partial charge in [0.1, 0.15) is 5.52 Å². The molecular weight excluding hydrogens is 510 g/mol. The monoisotopic (exact) mass is 522 g/mol. The second-order valence-electron chi connectivity index (χ2n) is 6.26. The first-order valence-corrected chi connectivity index (χ1v) is 10.2. The fourth-order valence-corrected chi connectivity index (χ4v) is 3.79. The molecule has 1 aromatic heterocycles. The van der Waals surface area contributed by atoms with E-state index < -0.39 is 0 Å². The van der Waals surface area contributed by atoms with E-state index in [9.17, 15) is 4.79 Å². The highest BCUT2D eigenvalue weighted by atomic mass is 127. The summed E-state index contributed by atoms with van der Waals surface area (Å²) in [7, 11) is 0. The molecule has 0 fully saturated rings. The van der Waals surface area contributed by atoms with Crippen LogP contribution in [-0.4, -0.2) is 10.9 Å². The van der Waals surface area contributed by atoms with Crippen LogP contribution in [0.25, 0.3) is 22.6 Å². The summed E-state index contributed by atoms with van der Waals surface area (Å²) in [6, 6.07) is 16.2. The van der Waals surface area contributed by atoms with Crippen LogP contribution in [0.15, 0.2) is 59.0 Å². The van der Waals surface area contributed by atoms with Crippen molar-refractivity contribution in [3.63, 3.8) is 0 Å². The number of carbonyl (C=O) groups excluding carboxylic acids is 1. The molecular formula is C21H13Cl2IN2O2. The highest BCUT2D eigenvalue weighted by molar-refractivity contribution is 14.1. The lowest BCUT2D eigenvalue weighted by atomic mass is 10.1. The van der Waals surface area contributed by atoms with Gasteiger partial charge in [0.05, 0.1) is 21.2 Å². The number of nitrogens with zero attached hydrogens (tertiary/aromatic N) is 1. The highest BCUT2D eigenvalue weighted by Crippen LogP contribution is 2.32. The first kappa shape index (κ1) is 19.2. The van der Waals surface area contributed by atoms with E-state index in [0.717, 1.165) is 14.7 Å². The van der Waals surface area contributed by atoms with Crippen molar-refractivity contribution in [3.8, 4) is 11.5 Å². The Kier molecular flexibility index (Phi) is 5.31. The van der Waals surface area contributed by atoms with Crippen molar-refractivity contribution < 1.29 is 9.21 Å². The number of oxazole rings is 1. The van der Waals surface area contributed by atoms with Gasteiger partial charge in [-0.2, -0.15) is 0 Å². The Morgan fingerprint density at radius 3 is 2.64 bits per heavy atom. The molecule has 0 aliphatic carbocycles. The Bertz CT molecular complexity index is 1220. The summed E-state index contributed by atoms with van der Waals surface area (Å²) in [5.41, 5.74) is 3.96. The summed E-state index contributed by atoms with van der Waals surface area (Å²) in [4.78, 5) is 17.1. The van der Waals surface area contributed by atoms with Crippen molar-refractivity contribution in [2.75, 3.05) is 5.32 Å². The van der Waals surface area contributed by atoms with Crippen LogP contribution in [0.3, 0.4) is 0 Å². The van der Waals surface area contributed by atoms with Gasteiger partial charge in [0.25, 0.3) is 5.91 Å². The summed E-state index contributed by atoms with van der Waals surface area (Å²) in [5, 5.41) is 3.82. The molecule has 3 aromatic carbocycles. The molecule has 1 heterocycles. The number of hydrogen-bond donors (Lipinski definition) is 1. The number of nitrogens with one attached hydrogen (secondary N) is 1. The lowest BCUT2D eigenvalue weighted by Crippen LogP contribution is -2.12. The maximum absolute atomic E-state index is 12.5. The van der Waals surface area contributed by atoms with Crippen LogP contribution in [0.2, 0.25) is 10.0 Å². The van der Waals surface area contributed by atoms with Gasteiger partial charge in [0.2, 0.25) is 5.89 Å².